The first-order chi connectivity index (χ1) is 11.6. The van der Waals surface area contributed by atoms with Crippen molar-refractivity contribution in [2.75, 3.05) is 26.1 Å². The molecule has 0 amide bonds. The van der Waals surface area contributed by atoms with Gasteiger partial charge in [-0.1, -0.05) is 13.8 Å². The average Bonchev–Trinajstić information content (AvgIpc) is 3.03. The van der Waals surface area contributed by atoms with E-state index in [1.165, 1.54) is 0 Å². The fourth-order valence-electron chi connectivity index (χ4n) is 2.49. The molecule has 0 radical (unpaired) electrons. The lowest BCUT2D eigenvalue weighted by molar-refractivity contribution is 0.355. The number of nitrogens with one attached hydrogen (secondary N) is 2. The number of imidazole rings is 1. The molecule has 0 atom stereocenters. The van der Waals surface area contributed by atoms with Gasteiger partial charge in [-0.2, -0.15) is 0 Å². The van der Waals surface area contributed by atoms with Crippen molar-refractivity contribution >= 4 is 16.9 Å². The summed E-state index contributed by atoms with van der Waals surface area (Å²) in [6.07, 6.45) is 1.78. The van der Waals surface area contributed by atoms with E-state index in [0.29, 0.717) is 17.4 Å². The van der Waals surface area contributed by atoms with Gasteiger partial charge >= 0.3 is 0 Å². The zero-order valence-corrected chi connectivity index (χ0v) is 14.4. The number of pyridine rings is 1. The van der Waals surface area contributed by atoms with Crippen LogP contribution in [0.3, 0.4) is 0 Å². The van der Waals surface area contributed by atoms with Gasteiger partial charge in [-0.05, 0) is 30.2 Å². The van der Waals surface area contributed by atoms with E-state index in [2.05, 4.69) is 29.1 Å². The van der Waals surface area contributed by atoms with Gasteiger partial charge in [0.1, 0.15) is 11.3 Å². The van der Waals surface area contributed by atoms with Gasteiger partial charge < -0.3 is 19.8 Å². The van der Waals surface area contributed by atoms with E-state index in [1.807, 2.05) is 24.3 Å². The number of nitrogens with zero attached hydrogens (tertiary/aromatic N) is 2. The van der Waals surface area contributed by atoms with Crippen LogP contribution in [0.1, 0.15) is 13.8 Å². The molecule has 2 aromatic heterocycles. The maximum absolute atomic E-state index is 5.37. The Hall–Kier alpha value is -2.76. The minimum absolute atomic E-state index is 0.534. The highest BCUT2D eigenvalue weighted by molar-refractivity contribution is 5.88. The number of hydrogen-bond donors (Lipinski definition) is 2. The van der Waals surface area contributed by atoms with Crippen molar-refractivity contribution in [2.24, 2.45) is 5.92 Å². The van der Waals surface area contributed by atoms with Crippen LogP contribution in [0.2, 0.25) is 0 Å². The molecule has 0 bridgehead atoms. The van der Waals surface area contributed by atoms with Crippen molar-refractivity contribution in [3.8, 4) is 22.9 Å². The van der Waals surface area contributed by atoms with Crippen molar-refractivity contribution in [2.45, 2.75) is 13.8 Å². The molecule has 126 valence electrons. The van der Waals surface area contributed by atoms with E-state index in [9.17, 15) is 0 Å². The molecule has 0 saturated heterocycles. The quantitative estimate of drug-likeness (QED) is 0.722. The Bertz CT molecular complexity index is 842. The number of H-pyrrole nitrogens is 1. The molecule has 1 aromatic carbocycles. The zero-order valence-electron chi connectivity index (χ0n) is 14.4. The molecule has 0 aliphatic carbocycles. The highest BCUT2D eigenvalue weighted by atomic mass is 16.5. The second-order valence-corrected chi connectivity index (χ2v) is 5.99. The molecule has 0 saturated carbocycles. The first-order valence-corrected chi connectivity index (χ1v) is 7.93. The van der Waals surface area contributed by atoms with Crippen LogP contribution in [0.25, 0.3) is 22.4 Å². The second kappa shape index (κ2) is 6.78. The smallest absolute Gasteiger partial charge is 0.161 e. The molecule has 2 N–H and O–H groups in total. The Labute approximate surface area is 141 Å². The number of rotatable bonds is 6. The predicted molar refractivity (Wildman–Crippen MR) is 95.8 cm³/mol. The Morgan fingerprint density at radius 1 is 1.12 bits per heavy atom. The minimum Gasteiger partial charge on any atom is -0.493 e. The van der Waals surface area contributed by atoms with Gasteiger partial charge in [-0.3, -0.25) is 0 Å². The van der Waals surface area contributed by atoms with Crippen LogP contribution in [-0.2, 0) is 0 Å². The Balaban J connectivity index is 2.00. The van der Waals surface area contributed by atoms with E-state index in [4.69, 9.17) is 14.5 Å². The van der Waals surface area contributed by atoms with Gasteiger partial charge in [-0.15, -0.1) is 0 Å². The summed E-state index contributed by atoms with van der Waals surface area (Å²) in [5, 5.41) is 3.35. The number of hydrogen-bond acceptors (Lipinski definition) is 5. The third-order valence-corrected chi connectivity index (χ3v) is 3.74. The lowest BCUT2D eigenvalue weighted by Gasteiger charge is -2.08. The topological polar surface area (TPSA) is 72.1 Å². The first-order valence-electron chi connectivity index (χ1n) is 7.93. The standard InChI is InChI=1S/C18H22N4O2/c1-11(2)10-20-18-16-13(7-8-19-18)21-17(22-16)12-5-6-14(23-3)15(9-12)24-4/h5-9,11H,10H2,1-4H3,(H,19,20)(H,21,22). The Kier molecular flexibility index (Phi) is 4.55. The molecular formula is C18H22N4O2. The summed E-state index contributed by atoms with van der Waals surface area (Å²) >= 11 is 0. The zero-order chi connectivity index (χ0) is 17.1. The lowest BCUT2D eigenvalue weighted by atomic mass is 10.2. The number of ether oxygens (including phenoxy) is 2. The Morgan fingerprint density at radius 2 is 1.92 bits per heavy atom. The molecule has 0 aliphatic rings. The SMILES string of the molecule is COc1ccc(-c2nc3c(NCC(C)C)nccc3[nH]2)cc1OC. The minimum atomic E-state index is 0.534. The Morgan fingerprint density at radius 3 is 2.62 bits per heavy atom. The average molecular weight is 326 g/mol. The molecule has 6 heteroatoms. The predicted octanol–water partition coefficient (Wildman–Crippen LogP) is 3.71. The number of aromatic nitrogens is 3. The van der Waals surface area contributed by atoms with Gasteiger partial charge in [0.15, 0.2) is 17.3 Å². The molecule has 3 rings (SSSR count). The van der Waals surface area contributed by atoms with E-state index >= 15 is 0 Å². The van der Waals surface area contributed by atoms with Crippen molar-refractivity contribution in [1.29, 1.82) is 0 Å². The monoisotopic (exact) mass is 326 g/mol. The van der Waals surface area contributed by atoms with E-state index < -0.39 is 0 Å². The molecule has 0 fully saturated rings. The maximum atomic E-state index is 5.37. The summed E-state index contributed by atoms with van der Waals surface area (Å²) in [6.45, 7) is 5.17. The third-order valence-electron chi connectivity index (χ3n) is 3.74. The van der Waals surface area contributed by atoms with Crippen LogP contribution < -0.4 is 14.8 Å². The summed E-state index contributed by atoms with van der Waals surface area (Å²) in [5.41, 5.74) is 2.71. The molecule has 0 aliphatic heterocycles. The van der Waals surface area contributed by atoms with Crippen molar-refractivity contribution in [3.63, 3.8) is 0 Å². The van der Waals surface area contributed by atoms with E-state index in [1.54, 1.807) is 20.4 Å². The second-order valence-electron chi connectivity index (χ2n) is 5.99. The maximum Gasteiger partial charge on any atom is 0.161 e. The van der Waals surface area contributed by atoms with Gasteiger partial charge in [0.25, 0.3) is 0 Å². The summed E-state index contributed by atoms with van der Waals surface area (Å²) < 4.78 is 10.7. The van der Waals surface area contributed by atoms with E-state index in [0.717, 1.165) is 34.8 Å². The van der Waals surface area contributed by atoms with E-state index in [-0.39, 0.29) is 0 Å². The van der Waals surface area contributed by atoms with Crippen LogP contribution in [-0.4, -0.2) is 35.7 Å². The number of aromatic amines is 1. The molecule has 24 heavy (non-hydrogen) atoms. The highest BCUT2D eigenvalue weighted by Crippen LogP contribution is 2.32. The third kappa shape index (κ3) is 3.13. The molecule has 3 aromatic rings. The fourth-order valence-corrected chi connectivity index (χ4v) is 2.49. The van der Waals surface area contributed by atoms with Gasteiger partial charge in [-0.25, -0.2) is 9.97 Å². The fraction of sp³-hybridized carbons (Fsp3) is 0.333. The molecule has 6 nitrogen and oxygen atoms in total. The van der Waals surface area contributed by atoms with Crippen molar-refractivity contribution in [3.05, 3.63) is 30.5 Å². The van der Waals surface area contributed by atoms with Crippen LogP contribution in [0, 0.1) is 5.92 Å². The number of benzene rings is 1. The van der Waals surface area contributed by atoms with Gasteiger partial charge in [0, 0.05) is 18.3 Å². The largest absolute Gasteiger partial charge is 0.493 e. The summed E-state index contributed by atoms with van der Waals surface area (Å²) in [5.74, 6) is 3.46. The number of fused-ring (bicyclic) bond motifs is 1. The number of anilines is 1. The van der Waals surface area contributed by atoms with Crippen LogP contribution in [0.5, 0.6) is 11.5 Å². The van der Waals surface area contributed by atoms with Crippen LogP contribution >= 0.6 is 0 Å². The summed E-state index contributed by atoms with van der Waals surface area (Å²) in [6, 6.07) is 7.66. The molecular weight excluding hydrogens is 304 g/mol. The molecule has 0 spiro atoms. The van der Waals surface area contributed by atoms with Crippen LogP contribution in [0.15, 0.2) is 30.5 Å². The highest BCUT2D eigenvalue weighted by Gasteiger charge is 2.12. The van der Waals surface area contributed by atoms with Crippen molar-refractivity contribution < 1.29 is 9.47 Å². The lowest BCUT2D eigenvalue weighted by Crippen LogP contribution is -2.09. The van der Waals surface area contributed by atoms with Crippen LogP contribution in [0.4, 0.5) is 5.82 Å². The van der Waals surface area contributed by atoms with Crippen molar-refractivity contribution in [1.82, 2.24) is 15.0 Å². The molecule has 2 heterocycles. The number of methoxy groups -OCH3 is 2. The summed E-state index contributed by atoms with van der Waals surface area (Å²) in [7, 11) is 3.25. The van der Waals surface area contributed by atoms with Gasteiger partial charge in [0.2, 0.25) is 0 Å². The normalized spacial score (nSPS) is 11.0. The van der Waals surface area contributed by atoms with Gasteiger partial charge in [0.05, 0.1) is 19.7 Å². The summed E-state index contributed by atoms with van der Waals surface area (Å²) in [4.78, 5) is 12.5. The first kappa shape index (κ1) is 16.1. The molecule has 0 unspecified atom stereocenters.